The smallest absolute Gasteiger partial charge is 0.231 e. The van der Waals surface area contributed by atoms with E-state index >= 15 is 0 Å². The maximum Gasteiger partial charge on any atom is 0.231 e. The van der Waals surface area contributed by atoms with Crippen LogP contribution >= 0.6 is 23.1 Å². The summed E-state index contributed by atoms with van der Waals surface area (Å²) in [5.41, 5.74) is 2.30. The highest BCUT2D eigenvalue weighted by atomic mass is 32.2. The van der Waals surface area contributed by atoms with Crippen LogP contribution in [0.1, 0.15) is 16.8 Å². The molecule has 0 aliphatic carbocycles. The maximum absolute atomic E-state index is 13.7. The SMILES string of the molecule is O=C(Cc1csc(SCc2ccccc2F)n1)NCc1ccc2c(c1)OCO2. The average molecular weight is 416 g/mol. The fourth-order valence-corrected chi connectivity index (χ4v) is 4.50. The first-order valence-corrected chi connectivity index (χ1v) is 10.5. The molecule has 0 saturated carbocycles. The van der Waals surface area contributed by atoms with Crippen molar-refractivity contribution in [2.45, 2.75) is 23.1 Å². The number of thiazole rings is 1. The molecule has 2 heterocycles. The number of nitrogens with zero attached hydrogens (tertiary/aromatic N) is 1. The van der Waals surface area contributed by atoms with Gasteiger partial charge in [0.1, 0.15) is 10.2 Å². The zero-order chi connectivity index (χ0) is 19.3. The number of ether oxygens (including phenoxy) is 2. The maximum atomic E-state index is 13.7. The van der Waals surface area contributed by atoms with Crippen molar-refractivity contribution < 1.29 is 18.7 Å². The molecule has 0 radical (unpaired) electrons. The van der Waals surface area contributed by atoms with Crippen molar-refractivity contribution in [1.29, 1.82) is 0 Å². The van der Waals surface area contributed by atoms with Crippen LogP contribution in [0.5, 0.6) is 11.5 Å². The summed E-state index contributed by atoms with van der Waals surface area (Å²) in [6, 6.07) is 12.3. The molecular formula is C20H17FN2O3S2. The number of rotatable bonds is 7. The Bertz CT molecular complexity index is 993. The number of benzene rings is 2. The highest BCUT2D eigenvalue weighted by Crippen LogP contribution is 2.32. The van der Waals surface area contributed by atoms with Crippen LogP contribution in [0.25, 0.3) is 0 Å². The van der Waals surface area contributed by atoms with E-state index in [-0.39, 0.29) is 24.9 Å². The molecule has 0 spiro atoms. The second kappa shape index (κ2) is 8.62. The van der Waals surface area contributed by atoms with Crippen molar-refractivity contribution in [3.63, 3.8) is 0 Å². The molecule has 0 bridgehead atoms. The fraction of sp³-hybridized carbons (Fsp3) is 0.200. The lowest BCUT2D eigenvalue weighted by Gasteiger charge is -2.05. The van der Waals surface area contributed by atoms with Crippen LogP contribution in [0.3, 0.4) is 0 Å². The molecule has 1 aliphatic heterocycles. The number of fused-ring (bicyclic) bond motifs is 1. The van der Waals surface area contributed by atoms with Gasteiger partial charge in [0.05, 0.1) is 12.1 Å². The molecule has 1 aliphatic rings. The van der Waals surface area contributed by atoms with Crippen LogP contribution in [-0.4, -0.2) is 17.7 Å². The van der Waals surface area contributed by atoms with Crippen molar-refractivity contribution >= 4 is 29.0 Å². The summed E-state index contributed by atoms with van der Waals surface area (Å²) in [7, 11) is 0. The topological polar surface area (TPSA) is 60.5 Å². The van der Waals surface area contributed by atoms with E-state index in [0.29, 0.717) is 29.3 Å². The Morgan fingerprint density at radius 2 is 2.07 bits per heavy atom. The van der Waals surface area contributed by atoms with Crippen molar-refractivity contribution in [2.75, 3.05) is 6.79 Å². The first-order valence-electron chi connectivity index (χ1n) is 8.63. The van der Waals surface area contributed by atoms with Crippen LogP contribution in [0.4, 0.5) is 4.39 Å². The van der Waals surface area contributed by atoms with Gasteiger partial charge in [-0.05, 0) is 29.3 Å². The zero-order valence-corrected chi connectivity index (χ0v) is 16.4. The van der Waals surface area contributed by atoms with Gasteiger partial charge in [-0.1, -0.05) is 36.0 Å². The molecule has 1 amide bonds. The average Bonchev–Trinajstić information content (AvgIpc) is 3.34. The summed E-state index contributed by atoms with van der Waals surface area (Å²) in [6.45, 7) is 0.640. The van der Waals surface area contributed by atoms with Gasteiger partial charge in [-0.2, -0.15) is 0 Å². The van der Waals surface area contributed by atoms with Crippen LogP contribution in [0.15, 0.2) is 52.2 Å². The molecule has 2 aromatic carbocycles. The predicted molar refractivity (Wildman–Crippen MR) is 106 cm³/mol. The van der Waals surface area contributed by atoms with E-state index in [0.717, 1.165) is 15.7 Å². The second-order valence-corrected chi connectivity index (χ2v) is 8.21. The summed E-state index contributed by atoms with van der Waals surface area (Å²) in [5, 5.41) is 4.75. The molecule has 1 aromatic heterocycles. The Hall–Kier alpha value is -2.58. The van der Waals surface area contributed by atoms with Crippen LogP contribution in [-0.2, 0) is 23.5 Å². The van der Waals surface area contributed by atoms with Gasteiger partial charge in [0.15, 0.2) is 11.5 Å². The quantitative estimate of drug-likeness (QED) is 0.586. The minimum absolute atomic E-state index is 0.103. The number of carbonyl (C=O) groups excluding carboxylic acids is 1. The van der Waals surface area contributed by atoms with E-state index in [1.165, 1.54) is 29.2 Å². The highest BCUT2D eigenvalue weighted by molar-refractivity contribution is 8.00. The van der Waals surface area contributed by atoms with Gasteiger partial charge in [-0.15, -0.1) is 11.3 Å². The Morgan fingerprint density at radius 1 is 1.21 bits per heavy atom. The Labute approximate surface area is 169 Å². The standard InChI is InChI=1S/C20H17FN2O3S2/c21-16-4-2-1-3-14(16)10-27-20-23-15(11-28-20)8-19(24)22-9-13-5-6-17-18(7-13)26-12-25-17/h1-7,11H,8-10,12H2,(H,22,24). The van der Waals surface area contributed by atoms with E-state index in [4.69, 9.17) is 9.47 Å². The van der Waals surface area contributed by atoms with Crippen molar-refractivity contribution in [3.8, 4) is 11.5 Å². The van der Waals surface area contributed by atoms with E-state index in [2.05, 4.69) is 10.3 Å². The van der Waals surface area contributed by atoms with Gasteiger partial charge in [0.25, 0.3) is 0 Å². The number of hydrogen-bond donors (Lipinski definition) is 1. The highest BCUT2D eigenvalue weighted by Gasteiger charge is 2.14. The number of carbonyl (C=O) groups is 1. The molecule has 8 heteroatoms. The summed E-state index contributed by atoms with van der Waals surface area (Å²) in [6.07, 6.45) is 0.210. The summed E-state index contributed by atoms with van der Waals surface area (Å²) >= 11 is 2.93. The first-order chi connectivity index (χ1) is 13.7. The number of aromatic nitrogens is 1. The van der Waals surface area contributed by atoms with Crippen molar-refractivity contribution in [3.05, 3.63) is 70.5 Å². The van der Waals surface area contributed by atoms with Crippen LogP contribution in [0.2, 0.25) is 0 Å². The minimum Gasteiger partial charge on any atom is -0.454 e. The van der Waals surface area contributed by atoms with Crippen LogP contribution in [0, 0.1) is 5.82 Å². The summed E-state index contributed by atoms with van der Waals surface area (Å²) in [4.78, 5) is 16.7. The molecule has 28 heavy (non-hydrogen) atoms. The number of hydrogen-bond acceptors (Lipinski definition) is 6. The van der Waals surface area contributed by atoms with Gasteiger partial charge in [-0.25, -0.2) is 9.37 Å². The van der Waals surface area contributed by atoms with E-state index in [9.17, 15) is 9.18 Å². The van der Waals surface area contributed by atoms with Crippen molar-refractivity contribution in [1.82, 2.24) is 10.3 Å². The Balaban J connectivity index is 1.26. The van der Waals surface area contributed by atoms with Gasteiger partial charge in [0, 0.05) is 17.7 Å². The number of halogens is 1. The Morgan fingerprint density at radius 3 is 2.96 bits per heavy atom. The Kier molecular flexibility index (Phi) is 5.78. The molecule has 0 unspecified atom stereocenters. The van der Waals surface area contributed by atoms with Gasteiger partial charge < -0.3 is 14.8 Å². The van der Waals surface area contributed by atoms with Crippen molar-refractivity contribution in [2.24, 2.45) is 0 Å². The predicted octanol–water partition coefficient (Wildman–Crippen LogP) is 4.16. The van der Waals surface area contributed by atoms with Gasteiger partial charge in [0.2, 0.25) is 12.7 Å². The summed E-state index contributed by atoms with van der Waals surface area (Å²) in [5.74, 6) is 1.61. The number of nitrogens with one attached hydrogen (secondary N) is 1. The molecule has 0 atom stereocenters. The first kappa shape index (κ1) is 18.8. The third-order valence-electron chi connectivity index (χ3n) is 4.11. The lowest BCUT2D eigenvalue weighted by Crippen LogP contribution is -2.24. The van der Waals surface area contributed by atoms with E-state index < -0.39 is 0 Å². The van der Waals surface area contributed by atoms with Crippen LogP contribution < -0.4 is 14.8 Å². The largest absolute Gasteiger partial charge is 0.454 e. The lowest BCUT2D eigenvalue weighted by atomic mass is 10.2. The second-order valence-electron chi connectivity index (χ2n) is 6.13. The van der Waals surface area contributed by atoms with E-state index in [1.54, 1.807) is 12.1 Å². The molecule has 4 rings (SSSR count). The third kappa shape index (κ3) is 4.63. The van der Waals surface area contributed by atoms with E-state index in [1.807, 2.05) is 29.6 Å². The molecular weight excluding hydrogens is 399 g/mol. The molecule has 5 nitrogen and oxygen atoms in total. The molecule has 1 N–H and O–H groups in total. The third-order valence-corrected chi connectivity index (χ3v) is 6.23. The van der Waals surface area contributed by atoms with Gasteiger partial charge >= 0.3 is 0 Å². The normalized spacial score (nSPS) is 12.2. The molecule has 3 aromatic rings. The summed E-state index contributed by atoms with van der Waals surface area (Å²) < 4.78 is 25.1. The number of amides is 1. The molecule has 0 saturated heterocycles. The van der Waals surface area contributed by atoms with Gasteiger partial charge in [-0.3, -0.25) is 4.79 Å². The number of thioether (sulfide) groups is 1. The zero-order valence-electron chi connectivity index (χ0n) is 14.8. The lowest BCUT2D eigenvalue weighted by molar-refractivity contribution is -0.120. The molecule has 144 valence electrons. The fourth-order valence-electron chi connectivity index (χ4n) is 2.67. The minimum atomic E-state index is -0.213. The molecule has 0 fully saturated rings. The monoisotopic (exact) mass is 416 g/mol.